The summed E-state index contributed by atoms with van der Waals surface area (Å²) in [5.41, 5.74) is 7.96. The third-order valence-electron chi connectivity index (χ3n) is 4.26. The van der Waals surface area contributed by atoms with Gasteiger partial charge in [-0.05, 0) is 32.3 Å². The third kappa shape index (κ3) is 5.06. The number of piperidine rings is 1. The molecule has 0 saturated carbocycles. The lowest BCUT2D eigenvalue weighted by atomic mass is 9.96. The number of nitrogens with two attached hydrogens (primary N) is 1. The predicted molar refractivity (Wildman–Crippen MR) is 91.9 cm³/mol. The zero-order valence-corrected chi connectivity index (χ0v) is 14.9. The molecule has 24 heavy (non-hydrogen) atoms. The number of hydrogen-bond donors (Lipinski definition) is 1. The Morgan fingerprint density at radius 2 is 1.67 bits per heavy atom. The van der Waals surface area contributed by atoms with Gasteiger partial charge in [0.05, 0.1) is 5.75 Å². The second-order valence-electron chi connectivity index (χ2n) is 6.59. The van der Waals surface area contributed by atoms with Crippen molar-refractivity contribution in [3.8, 4) is 0 Å². The Bertz CT molecular complexity index is 715. The van der Waals surface area contributed by atoms with Gasteiger partial charge in [-0.1, -0.05) is 29.3 Å². The molecule has 1 heterocycles. The van der Waals surface area contributed by atoms with Crippen LogP contribution in [0.25, 0.3) is 0 Å². The number of nitrogens with zero attached hydrogens (tertiary/aromatic N) is 1. The Morgan fingerprint density at radius 3 is 2.17 bits per heavy atom. The first-order valence-electron chi connectivity index (χ1n) is 8.01. The molecule has 0 spiro atoms. The van der Waals surface area contributed by atoms with E-state index in [1.807, 2.05) is 32.0 Å². The predicted octanol–water partition coefficient (Wildman–Crippen LogP) is 0.942. The first-order chi connectivity index (χ1) is 11.2. The summed E-state index contributed by atoms with van der Waals surface area (Å²) in [6.45, 7) is 4.59. The van der Waals surface area contributed by atoms with E-state index in [4.69, 9.17) is 5.73 Å². The van der Waals surface area contributed by atoms with Crippen molar-refractivity contribution in [2.24, 2.45) is 11.7 Å². The smallest absolute Gasteiger partial charge is 0.237 e. The van der Waals surface area contributed by atoms with Crippen molar-refractivity contribution < 1.29 is 18.0 Å². The number of primary amides is 1. The molecule has 132 valence electrons. The van der Waals surface area contributed by atoms with E-state index >= 15 is 0 Å². The molecule has 2 amide bonds. The molecule has 1 saturated heterocycles. The monoisotopic (exact) mass is 352 g/mol. The number of likely N-dealkylation sites (tertiary alicyclic amines) is 1. The number of sulfone groups is 1. The molecule has 0 bridgehead atoms. The molecule has 0 unspecified atom stereocenters. The molecule has 1 fully saturated rings. The van der Waals surface area contributed by atoms with Crippen LogP contribution in [0.5, 0.6) is 0 Å². The van der Waals surface area contributed by atoms with Gasteiger partial charge in [-0.2, -0.15) is 0 Å². The first kappa shape index (κ1) is 18.4. The van der Waals surface area contributed by atoms with E-state index in [-0.39, 0.29) is 17.6 Å². The van der Waals surface area contributed by atoms with Crippen LogP contribution in [-0.2, 0) is 25.2 Å². The Labute approximate surface area is 142 Å². The van der Waals surface area contributed by atoms with Crippen LogP contribution < -0.4 is 5.73 Å². The number of benzene rings is 1. The van der Waals surface area contributed by atoms with Gasteiger partial charge in [-0.15, -0.1) is 0 Å². The van der Waals surface area contributed by atoms with Gasteiger partial charge in [-0.3, -0.25) is 9.59 Å². The molecule has 0 radical (unpaired) electrons. The van der Waals surface area contributed by atoms with E-state index in [1.54, 1.807) is 0 Å². The second-order valence-corrected chi connectivity index (χ2v) is 8.65. The van der Waals surface area contributed by atoms with Gasteiger partial charge in [-0.25, -0.2) is 8.42 Å². The van der Waals surface area contributed by atoms with Gasteiger partial charge in [0, 0.05) is 19.0 Å². The SMILES string of the molecule is Cc1cc(C)cc(CS(=O)(=O)CC(=O)N2CCC(C(N)=O)CC2)c1. The zero-order chi connectivity index (χ0) is 17.9. The fourth-order valence-corrected chi connectivity index (χ4v) is 4.49. The van der Waals surface area contributed by atoms with Crippen LogP contribution in [0.15, 0.2) is 18.2 Å². The highest BCUT2D eigenvalue weighted by Gasteiger charge is 2.28. The number of amides is 2. The largest absolute Gasteiger partial charge is 0.369 e. The van der Waals surface area contributed by atoms with Crippen LogP contribution in [0.2, 0.25) is 0 Å². The van der Waals surface area contributed by atoms with Crippen molar-refractivity contribution in [3.05, 3.63) is 34.9 Å². The van der Waals surface area contributed by atoms with E-state index in [1.165, 1.54) is 4.90 Å². The normalized spacial score (nSPS) is 16.2. The molecule has 6 nitrogen and oxygen atoms in total. The minimum atomic E-state index is -3.53. The van der Waals surface area contributed by atoms with Gasteiger partial charge in [0.25, 0.3) is 0 Å². The average molecular weight is 352 g/mol. The average Bonchev–Trinajstić information content (AvgIpc) is 2.45. The Morgan fingerprint density at radius 1 is 1.12 bits per heavy atom. The molecule has 1 aromatic rings. The van der Waals surface area contributed by atoms with Crippen LogP contribution in [0.4, 0.5) is 0 Å². The molecule has 2 rings (SSSR count). The molecule has 1 aliphatic rings. The van der Waals surface area contributed by atoms with Gasteiger partial charge in [0.1, 0.15) is 5.75 Å². The second kappa shape index (κ2) is 7.34. The molecular weight excluding hydrogens is 328 g/mol. The van der Waals surface area contributed by atoms with Crippen LogP contribution in [0.1, 0.15) is 29.5 Å². The van der Waals surface area contributed by atoms with Crippen molar-refractivity contribution in [1.82, 2.24) is 4.90 Å². The third-order valence-corrected chi connectivity index (χ3v) is 5.72. The fraction of sp³-hybridized carbons (Fsp3) is 0.529. The molecule has 0 atom stereocenters. The van der Waals surface area contributed by atoms with Crippen LogP contribution in [-0.4, -0.2) is 44.0 Å². The topological polar surface area (TPSA) is 97.5 Å². The molecular formula is C17H24N2O4S. The lowest BCUT2D eigenvalue weighted by Crippen LogP contribution is -2.44. The summed E-state index contributed by atoms with van der Waals surface area (Å²) in [6.07, 6.45) is 0.996. The summed E-state index contributed by atoms with van der Waals surface area (Å²) in [5, 5.41) is 0. The molecule has 1 aliphatic heterocycles. The summed E-state index contributed by atoms with van der Waals surface area (Å²) in [7, 11) is -3.53. The lowest BCUT2D eigenvalue weighted by Gasteiger charge is -2.30. The van der Waals surface area contributed by atoms with Gasteiger partial charge >= 0.3 is 0 Å². The van der Waals surface area contributed by atoms with Crippen molar-refractivity contribution in [2.75, 3.05) is 18.8 Å². The number of hydrogen-bond acceptors (Lipinski definition) is 4. The Hall–Kier alpha value is -1.89. The minimum absolute atomic E-state index is 0.140. The van der Waals surface area contributed by atoms with Crippen LogP contribution in [0, 0.1) is 19.8 Å². The quantitative estimate of drug-likeness (QED) is 0.853. The van der Waals surface area contributed by atoms with Gasteiger partial charge < -0.3 is 10.6 Å². The van der Waals surface area contributed by atoms with Crippen molar-refractivity contribution in [3.63, 3.8) is 0 Å². The number of carbonyl (C=O) groups is 2. The molecule has 0 aromatic heterocycles. The molecule has 7 heteroatoms. The van der Waals surface area contributed by atoms with E-state index < -0.39 is 21.5 Å². The van der Waals surface area contributed by atoms with Gasteiger partial charge in [0.2, 0.25) is 11.8 Å². The highest BCUT2D eigenvalue weighted by Crippen LogP contribution is 2.18. The van der Waals surface area contributed by atoms with E-state index in [0.29, 0.717) is 31.5 Å². The maximum absolute atomic E-state index is 12.3. The van der Waals surface area contributed by atoms with E-state index in [0.717, 1.165) is 11.1 Å². The van der Waals surface area contributed by atoms with E-state index in [9.17, 15) is 18.0 Å². The summed E-state index contributed by atoms with van der Waals surface area (Å²) < 4.78 is 24.7. The highest BCUT2D eigenvalue weighted by atomic mass is 32.2. The molecule has 1 aromatic carbocycles. The minimum Gasteiger partial charge on any atom is -0.369 e. The molecule has 0 aliphatic carbocycles. The van der Waals surface area contributed by atoms with Crippen molar-refractivity contribution in [1.29, 1.82) is 0 Å². The lowest BCUT2D eigenvalue weighted by molar-refractivity contribution is -0.132. The maximum Gasteiger partial charge on any atom is 0.237 e. The van der Waals surface area contributed by atoms with Crippen LogP contribution >= 0.6 is 0 Å². The standard InChI is InChI=1S/C17H24N2O4S/c1-12-7-13(2)9-14(8-12)10-24(22,23)11-16(20)19-5-3-15(4-6-19)17(18)21/h7-9,15H,3-6,10-11H2,1-2H3,(H2,18,21). The molecule has 2 N–H and O–H groups in total. The maximum atomic E-state index is 12.3. The zero-order valence-electron chi connectivity index (χ0n) is 14.1. The summed E-state index contributed by atoms with van der Waals surface area (Å²) in [4.78, 5) is 24.9. The summed E-state index contributed by atoms with van der Waals surface area (Å²) in [5.74, 6) is -1.62. The van der Waals surface area contributed by atoms with Crippen molar-refractivity contribution >= 4 is 21.7 Å². The summed E-state index contributed by atoms with van der Waals surface area (Å²) in [6, 6.07) is 5.63. The van der Waals surface area contributed by atoms with E-state index in [2.05, 4.69) is 0 Å². The highest BCUT2D eigenvalue weighted by molar-refractivity contribution is 7.91. The first-order valence-corrected chi connectivity index (χ1v) is 9.83. The summed E-state index contributed by atoms with van der Waals surface area (Å²) >= 11 is 0. The fourth-order valence-electron chi connectivity index (χ4n) is 3.15. The number of carbonyl (C=O) groups excluding carboxylic acids is 2. The van der Waals surface area contributed by atoms with Crippen molar-refractivity contribution in [2.45, 2.75) is 32.4 Å². The number of aryl methyl sites for hydroxylation is 2. The number of rotatable bonds is 5. The Kier molecular flexibility index (Phi) is 5.64. The van der Waals surface area contributed by atoms with Crippen LogP contribution in [0.3, 0.4) is 0 Å². The van der Waals surface area contributed by atoms with Gasteiger partial charge in [0.15, 0.2) is 9.84 Å². The Balaban J connectivity index is 1.96.